The van der Waals surface area contributed by atoms with Crippen molar-refractivity contribution in [2.75, 3.05) is 7.11 Å². The molecule has 174 valence electrons. The van der Waals surface area contributed by atoms with Gasteiger partial charge in [-0.2, -0.15) is 0 Å². The number of hydrogen-bond donors (Lipinski definition) is 1. The molecule has 2 N–H and O–H groups in total. The molecule has 9 heteroatoms. The van der Waals surface area contributed by atoms with E-state index >= 15 is 0 Å². The second-order valence-corrected chi connectivity index (χ2v) is 9.04. The topological polar surface area (TPSA) is 122 Å². The summed E-state index contributed by atoms with van der Waals surface area (Å²) in [6, 6.07) is 22.2. The van der Waals surface area contributed by atoms with E-state index < -0.39 is 22.1 Å². The Morgan fingerprint density at radius 1 is 0.941 bits per heavy atom. The molecule has 34 heavy (non-hydrogen) atoms. The van der Waals surface area contributed by atoms with Crippen LogP contribution in [0.2, 0.25) is 0 Å². The van der Waals surface area contributed by atoms with Crippen LogP contribution in [0.5, 0.6) is 5.75 Å². The molecule has 0 aliphatic rings. The van der Waals surface area contributed by atoms with Gasteiger partial charge < -0.3 is 14.0 Å². The minimum absolute atomic E-state index is 0.00510. The molecule has 8 nitrogen and oxygen atoms in total. The normalized spacial score (nSPS) is 12.2. The first-order chi connectivity index (χ1) is 16.3. The van der Waals surface area contributed by atoms with Crippen molar-refractivity contribution < 1.29 is 27.2 Å². The van der Waals surface area contributed by atoms with E-state index in [0.717, 1.165) is 5.56 Å². The van der Waals surface area contributed by atoms with Crippen molar-refractivity contribution >= 4 is 16.0 Å². The zero-order valence-electron chi connectivity index (χ0n) is 18.5. The molecule has 1 atom stereocenters. The molecule has 0 amide bonds. The molecular weight excluding hydrogens is 456 g/mol. The third kappa shape index (κ3) is 4.85. The summed E-state index contributed by atoms with van der Waals surface area (Å²) in [6.45, 7) is 1.81. The van der Waals surface area contributed by atoms with Crippen LogP contribution in [0.3, 0.4) is 0 Å². The number of hydrogen-bond acceptors (Lipinski definition) is 7. The third-order valence-electron chi connectivity index (χ3n) is 5.19. The van der Waals surface area contributed by atoms with Crippen molar-refractivity contribution in [3.63, 3.8) is 0 Å². The van der Waals surface area contributed by atoms with Gasteiger partial charge in [-0.1, -0.05) is 47.6 Å². The van der Waals surface area contributed by atoms with Crippen molar-refractivity contribution in [2.45, 2.75) is 17.9 Å². The van der Waals surface area contributed by atoms with Crippen LogP contribution in [0.4, 0.5) is 0 Å². The fourth-order valence-electron chi connectivity index (χ4n) is 3.51. The van der Waals surface area contributed by atoms with Crippen LogP contribution in [-0.2, 0) is 14.8 Å². The first kappa shape index (κ1) is 23.2. The molecule has 0 radical (unpaired) electrons. The quantitative estimate of drug-likeness (QED) is 0.386. The number of aromatic nitrogens is 1. The summed E-state index contributed by atoms with van der Waals surface area (Å²) in [5.74, 6) is 0.542. The van der Waals surface area contributed by atoms with Gasteiger partial charge in [0, 0.05) is 5.56 Å². The van der Waals surface area contributed by atoms with Crippen molar-refractivity contribution in [2.24, 2.45) is 5.14 Å². The highest BCUT2D eigenvalue weighted by atomic mass is 32.2. The Bertz CT molecular complexity index is 1400. The van der Waals surface area contributed by atoms with Gasteiger partial charge in [-0.25, -0.2) is 18.4 Å². The smallest absolute Gasteiger partial charge is 0.337 e. The number of rotatable bonds is 7. The van der Waals surface area contributed by atoms with Crippen LogP contribution in [0.25, 0.3) is 22.4 Å². The largest absolute Gasteiger partial charge is 0.483 e. The Labute approximate surface area is 197 Å². The van der Waals surface area contributed by atoms with E-state index in [4.69, 9.17) is 19.1 Å². The van der Waals surface area contributed by atoms with Gasteiger partial charge in [0.2, 0.25) is 10.0 Å². The summed E-state index contributed by atoms with van der Waals surface area (Å²) in [4.78, 5) is 11.7. The van der Waals surface area contributed by atoms with E-state index in [9.17, 15) is 13.2 Å². The maximum atomic E-state index is 11.7. The standard InChI is InChI=1S/C25H22N2O6S/c1-16(32-20-12-8-19(9-13-20)25(28)31-2)24-22(17-10-14-21(15-11-17)34(26,29)30)23(27-33-24)18-6-4-3-5-7-18/h3-16H,1-2H3,(H2,26,29,30). The highest BCUT2D eigenvalue weighted by Crippen LogP contribution is 2.39. The highest BCUT2D eigenvalue weighted by Gasteiger charge is 2.25. The van der Waals surface area contributed by atoms with E-state index in [2.05, 4.69) is 5.16 Å². The lowest BCUT2D eigenvalue weighted by Gasteiger charge is -2.14. The van der Waals surface area contributed by atoms with Crippen molar-refractivity contribution in [1.82, 2.24) is 5.16 Å². The number of ether oxygens (including phenoxy) is 2. The third-order valence-corrected chi connectivity index (χ3v) is 6.12. The molecule has 0 aliphatic heterocycles. The molecule has 0 saturated carbocycles. The van der Waals surface area contributed by atoms with Crippen LogP contribution in [0, 0.1) is 0 Å². The number of carbonyl (C=O) groups is 1. The van der Waals surface area contributed by atoms with Gasteiger partial charge in [0.05, 0.1) is 23.1 Å². The summed E-state index contributed by atoms with van der Waals surface area (Å²) in [7, 11) is -2.51. The zero-order valence-corrected chi connectivity index (χ0v) is 19.3. The summed E-state index contributed by atoms with van der Waals surface area (Å²) in [6.07, 6.45) is -0.554. The first-order valence-electron chi connectivity index (χ1n) is 10.3. The molecule has 1 heterocycles. The SMILES string of the molecule is COC(=O)c1ccc(OC(C)c2onc(-c3ccccc3)c2-c2ccc(S(N)(=O)=O)cc2)cc1. The average molecular weight is 479 g/mol. The van der Waals surface area contributed by atoms with Crippen molar-refractivity contribution in [3.8, 4) is 28.1 Å². The van der Waals surface area contributed by atoms with Crippen LogP contribution >= 0.6 is 0 Å². The Kier molecular flexibility index (Phi) is 6.49. The molecule has 1 aromatic heterocycles. The van der Waals surface area contributed by atoms with Crippen LogP contribution in [-0.4, -0.2) is 26.7 Å². The molecule has 0 aliphatic carbocycles. The molecule has 4 rings (SSSR count). The Hall–Kier alpha value is -3.95. The molecular formula is C25H22N2O6S. The first-order valence-corrected chi connectivity index (χ1v) is 11.9. The molecule has 3 aromatic carbocycles. The zero-order chi connectivity index (χ0) is 24.3. The number of nitrogens with two attached hydrogens (primary N) is 1. The second kappa shape index (κ2) is 9.50. The number of sulfonamides is 1. The van der Waals surface area contributed by atoms with Crippen LogP contribution < -0.4 is 9.88 Å². The molecule has 0 saturated heterocycles. The highest BCUT2D eigenvalue weighted by molar-refractivity contribution is 7.89. The monoisotopic (exact) mass is 478 g/mol. The van der Waals surface area contributed by atoms with Gasteiger partial charge in [-0.15, -0.1) is 0 Å². The number of methoxy groups -OCH3 is 1. The maximum Gasteiger partial charge on any atom is 0.337 e. The van der Waals surface area contributed by atoms with Crippen molar-refractivity contribution in [3.05, 3.63) is 90.2 Å². The summed E-state index contributed by atoms with van der Waals surface area (Å²) in [5.41, 5.74) is 3.20. The van der Waals surface area contributed by atoms with Crippen LogP contribution in [0.1, 0.15) is 29.1 Å². The number of benzene rings is 3. The predicted molar refractivity (Wildman–Crippen MR) is 126 cm³/mol. The number of primary sulfonamides is 1. The van der Waals surface area contributed by atoms with E-state index in [-0.39, 0.29) is 4.90 Å². The summed E-state index contributed by atoms with van der Waals surface area (Å²) < 4.78 is 39.9. The van der Waals surface area contributed by atoms with Gasteiger partial charge in [-0.05, 0) is 48.9 Å². The Balaban J connectivity index is 1.72. The van der Waals surface area contributed by atoms with E-state index in [1.54, 1.807) is 36.4 Å². The molecule has 1 unspecified atom stereocenters. The molecule has 0 spiro atoms. The number of nitrogens with zero attached hydrogens (tertiary/aromatic N) is 1. The molecule has 0 bridgehead atoms. The van der Waals surface area contributed by atoms with Gasteiger partial charge in [0.1, 0.15) is 11.4 Å². The summed E-state index contributed by atoms with van der Waals surface area (Å²) in [5, 5.41) is 9.53. The number of carbonyl (C=O) groups excluding carboxylic acids is 1. The Morgan fingerprint density at radius 2 is 1.59 bits per heavy atom. The van der Waals surface area contributed by atoms with Crippen LogP contribution in [0.15, 0.2) is 88.3 Å². The lowest BCUT2D eigenvalue weighted by Crippen LogP contribution is -2.11. The maximum absolute atomic E-state index is 11.7. The minimum atomic E-state index is -3.83. The van der Waals surface area contributed by atoms with Gasteiger partial charge in [0.25, 0.3) is 0 Å². The van der Waals surface area contributed by atoms with E-state index in [1.165, 1.54) is 19.2 Å². The summed E-state index contributed by atoms with van der Waals surface area (Å²) >= 11 is 0. The fraction of sp³-hybridized carbons (Fsp3) is 0.120. The molecule has 4 aromatic rings. The minimum Gasteiger partial charge on any atom is -0.483 e. The lowest BCUT2D eigenvalue weighted by molar-refractivity contribution is 0.0600. The van der Waals surface area contributed by atoms with E-state index in [1.807, 2.05) is 37.3 Å². The number of esters is 1. The van der Waals surface area contributed by atoms with Gasteiger partial charge in [0.15, 0.2) is 11.9 Å². The van der Waals surface area contributed by atoms with Gasteiger partial charge in [-0.3, -0.25) is 0 Å². The van der Waals surface area contributed by atoms with Gasteiger partial charge >= 0.3 is 5.97 Å². The Morgan fingerprint density at radius 3 is 2.18 bits per heavy atom. The van der Waals surface area contributed by atoms with Crippen molar-refractivity contribution in [1.29, 1.82) is 0 Å². The van der Waals surface area contributed by atoms with E-state index in [0.29, 0.717) is 33.9 Å². The average Bonchev–Trinajstić information content (AvgIpc) is 3.29. The predicted octanol–water partition coefficient (Wildman–Crippen LogP) is 4.58. The molecule has 0 fully saturated rings. The fourth-order valence-corrected chi connectivity index (χ4v) is 4.02. The lowest BCUT2D eigenvalue weighted by atomic mass is 9.97. The second-order valence-electron chi connectivity index (χ2n) is 7.48.